The first-order valence-corrected chi connectivity index (χ1v) is 7.19. The van der Waals surface area contributed by atoms with Gasteiger partial charge in [0, 0.05) is 11.1 Å². The highest BCUT2D eigenvalue weighted by atomic mass is 32.1. The van der Waals surface area contributed by atoms with Gasteiger partial charge in [0.25, 0.3) is 0 Å². The number of hydrogen-bond donors (Lipinski definition) is 1. The Labute approximate surface area is 103 Å². The van der Waals surface area contributed by atoms with Crippen LogP contribution < -0.4 is 5.32 Å². The molecule has 0 saturated carbocycles. The molecule has 1 aromatic heterocycles. The van der Waals surface area contributed by atoms with Crippen LogP contribution in [-0.2, 0) is 6.42 Å². The van der Waals surface area contributed by atoms with E-state index in [1.165, 1.54) is 35.6 Å². The lowest BCUT2D eigenvalue weighted by atomic mass is 9.99. The van der Waals surface area contributed by atoms with Crippen LogP contribution in [0.2, 0.25) is 0 Å². The minimum absolute atomic E-state index is 0.774. The van der Waals surface area contributed by atoms with E-state index in [-0.39, 0.29) is 0 Å². The third-order valence-electron chi connectivity index (χ3n) is 2.72. The molecule has 0 saturated heterocycles. The predicted molar refractivity (Wildman–Crippen MR) is 72.1 cm³/mol. The van der Waals surface area contributed by atoms with Gasteiger partial charge in [-0.05, 0) is 45.2 Å². The lowest BCUT2D eigenvalue weighted by Crippen LogP contribution is -2.24. The Bertz CT molecular complexity index is 283. The van der Waals surface area contributed by atoms with Gasteiger partial charge in [0.1, 0.15) is 0 Å². The second kappa shape index (κ2) is 7.80. The summed E-state index contributed by atoms with van der Waals surface area (Å²) in [5.74, 6) is 0.774. The molecule has 0 aliphatic heterocycles. The van der Waals surface area contributed by atoms with Gasteiger partial charge in [-0.15, -0.1) is 11.3 Å². The zero-order valence-electron chi connectivity index (χ0n) is 10.8. The zero-order chi connectivity index (χ0) is 11.8. The van der Waals surface area contributed by atoms with Crippen LogP contribution in [0.3, 0.4) is 0 Å². The molecular formula is C13H24N2S. The zero-order valence-corrected chi connectivity index (χ0v) is 11.6. The Balaban J connectivity index is 2.37. The van der Waals surface area contributed by atoms with Crippen molar-refractivity contribution in [2.45, 2.75) is 46.5 Å². The van der Waals surface area contributed by atoms with Crippen molar-refractivity contribution in [2.24, 2.45) is 5.92 Å². The molecule has 0 radical (unpaired) electrons. The SMILES string of the molecule is CCCNCC(CCC)Cc1cnc(C)s1. The maximum atomic E-state index is 4.32. The van der Waals surface area contributed by atoms with Crippen LogP contribution in [0.25, 0.3) is 0 Å². The standard InChI is InChI=1S/C13H24N2S/c1-4-6-12(9-14-7-5-2)8-13-10-15-11(3)16-13/h10,12,14H,4-9H2,1-3H3. The first-order chi connectivity index (χ1) is 7.76. The fourth-order valence-corrected chi connectivity index (χ4v) is 2.86. The molecule has 1 atom stereocenters. The Kier molecular flexibility index (Phi) is 6.65. The smallest absolute Gasteiger partial charge is 0.0896 e. The van der Waals surface area contributed by atoms with Gasteiger partial charge in [0.05, 0.1) is 5.01 Å². The topological polar surface area (TPSA) is 24.9 Å². The van der Waals surface area contributed by atoms with E-state index < -0.39 is 0 Å². The van der Waals surface area contributed by atoms with E-state index in [0.29, 0.717) is 0 Å². The van der Waals surface area contributed by atoms with E-state index in [0.717, 1.165) is 19.0 Å². The molecule has 1 N–H and O–H groups in total. The van der Waals surface area contributed by atoms with E-state index in [2.05, 4.69) is 31.1 Å². The van der Waals surface area contributed by atoms with Crippen molar-refractivity contribution in [3.05, 3.63) is 16.1 Å². The van der Waals surface area contributed by atoms with Gasteiger partial charge in [-0.2, -0.15) is 0 Å². The number of rotatable bonds is 8. The van der Waals surface area contributed by atoms with Crippen molar-refractivity contribution in [2.75, 3.05) is 13.1 Å². The Morgan fingerprint density at radius 1 is 1.38 bits per heavy atom. The Morgan fingerprint density at radius 2 is 2.19 bits per heavy atom. The average Bonchev–Trinajstić information content (AvgIpc) is 2.65. The molecule has 1 rings (SSSR count). The van der Waals surface area contributed by atoms with Crippen LogP contribution in [0.4, 0.5) is 0 Å². The molecule has 92 valence electrons. The number of hydrogen-bond acceptors (Lipinski definition) is 3. The van der Waals surface area contributed by atoms with E-state index in [1.807, 2.05) is 17.5 Å². The summed E-state index contributed by atoms with van der Waals surface area (Å²) in [5, 5.41) is 4.72. The summed E-state index contributed by atoms with van der Waals surface area (Å²) in [6.07, 6.45) is 7.04. The van der Waals surface area contributed by atoms with Crippen molar-refractivity contribution in [3.63, 3.8) is 0 Å². The highest BCUT2D eigenvalue weighted by Gasteiger charge is 2.10. The molecule has 1 unspecified atom stereocenters. The summed E-state index contributed by atoms with van der Waals surface area (Å²) in [5.41, 5.74) is 0. The predicted octanol–water partition coefficient (Wildman–Crippen LogP) is 3.41. The molecule has 16 heavy (non-hydrogen) atoms. The van der Waals surface area contributed by atoms with Gasteiger partial charge in [-0.3, -0.25) is 0 Å². The Hall–Kier alpha value is -0.410. The van der Waals surface area contributed by atoms with Crippen LogP contribution in [0.5, 0.6) is 0 Å². The second-order valence-corrected chi connectivity index (χ2v) is 5.73. The molecule has 1 aromatic rings. The van der Waals surface area contributed by atoms with E-state index in [4.69, 9.17) is 0 Å². The number of nitrogens with one attached hydrogen (secondary N) is 1. The van der Waals surface area contributed by atoms with Crippen LogP contribution in [0, 0.1) is 12.8 Å². The summed E-state index contributed by atoms with van der Waals surface area (Å²) in [6.45, 7) is 8.86. The van der Waals surface area contributed by atoms with Gasteiger partial charge in [0.15, 0.2) is 0 Å². The molecule has 0 aliphatic carbocycles. The van der Waals surface area contributed by atoms with Crippen LogP contribution in [-0.4, -0.2) is 18.1 Å². The average molecular weight is 240 g/mol. The molecule has 3 heteroatoms. The molecule has 0 amide bonds. The monoisotopic (exact) mass is 240 g/mol. The molecular weight excluding hydrogens is 216 g/mol. The van der Waals surface area contributed by atoms with Gasteiger partial charge in [-0.1, -0.05) is 20.3 Å². The van der Waals surface area contributed by atoms with Crippen molar-refractivity contribution >= 4 is 11.3 Å². The third kappa shape index (κ3) is 5.08. The van der Waals surface area contributed by atoms with Crippen molar-refractivity contribution in [3.8, 4) is 0 Å². The number of aromatic nitrogens is 1. The van der Waals surface area contributed by atoms with Crippen LogP contribution in [0.15, 0.2) is 6.20 Å². The van der Waals surface area contributed by atoms with E-state index in [1.54, 1.807) is 0 Å². The molecule has 0 bridgehead atoms. The number of thiazole rings is 1. The molecule has 1 heterocycles. The fraction of sp³-hybridized carbons (Fsp3) is 0.769. The maximum Gasteiger partial charge on any atom is 0.0896 e. The summed E-state index contributed by atoms with van der Waals surface area (Å²) in [4.78, 5) is 5.76. The lowest BCUT2D eigenvalue weighted by molar-refractivity contribution is 0.441. The second-order valence-electron chi connectivity index (χ2n) is 4.41. The van der Waals surface area contributed by atoms with E-state index in [9.17, 15) is 0 Å². The number of nitrogens with zero attached hydrogens (tertiary/aromatic N) is 1. The summed E-state index contributed by atoms with van der Waals surface area (Å²) in [6, 6.07) is 0. The van der Waals surface area contributed by atoms with Crippen LogP contribution in [0.1, 0.15) is 43.0 Å². The molecule has 0 aromatic carbocycles. The molecule has 0 fully saturated rings. The summed E-state index contributed by atoms with van der Waals surface area (Å²) >= 11 is 1.84. The molecule has 2 nitrogen and oxygen atoms in total. The summed E-state index contributed by atoms with van der Waals surface area (Å²) in [7, 11) is 0. The first-order valence-electron chi connectivity index (χ1n) is 6.38. The van der Waals surface area contributed by atoms with Gasteiger partial charge >= 0.3 is 0 Å². The third-order valence-corrected chi connectivity index (χ3v) is 3.65. The van der Waals surface area contributed by atoms with Crippen molar-refractivity contribution in [1.29, 1.82) is 0 Å². The normalized spacial score (nSPS) is 12.9. The lowest BCUT2D eigenvalue weighted by Gasteiger charge is -2.15. The van der Waals surface area contributed by atoms with Crippen molar-refractivity contribution < 1.29 is 0 Å². The fourth-order valence-electron chi connectivity index (χ4n) is 1.95. The minimum Gasteiger partial charge on any atom is -0.316 e. The highest BCUT2D eigenvalue weighted by Crippen LogP contribution is 2.18. The van der Waals surface area contributed by atoms with Gasteiger partial charge in [0.2, 0.25) is 0 Å². The highest BCUT2D eigenvalue weighted by molar-refractivity contribution is 7.11. The Morgan fingerprint density at radius 3 is 2.75 bits per heavy atom. The number of aryl methyl sites for hydroxylation is 1. The molecule has 0 aliphatic rings. The van der Waals surface area contributed by atoms with Gasteiger partial charge < -0.3 is 5.32 Å². The quantitative estimate of drug-likeness (QED) is 0.704. The summed E-state index contributed by atoms with van der Waals surface area (Å²) < 4.78 is 0. The largest absolute Gasteiger partial charge is 0.316 e. The van der Waals surface area contributed by atoms with Gasteiger partial charge in [-0.25, -0.2) is 4.98 Å². The van der Waals surface area contributed by atoms with E-state index >= 15 is 0 Å². The maximum absolute atomic E-state index is 4.32. The van der Waals surface area contributed by atoms with Crippen LogP contribution >= 0.6 is 11.3 Å². The van der Waals surface area contributed by atoms with Crippen molar-refractivity contribution in [1.82, 2.24) is 10.3 Å². The minimum atomic E-state index is 0.774. The first kappa shape index (κ1) is 13.7. The molecule has 0 spiro atoms.